The van der Waals surface area contributed by atoms with Gasteiger partial charge in [0.2, 0.25) is 0 Å². The summed E-state index contributed by atoms with van der Waals surface area (Å²) in [7, 11) is 0. The molecule has 0 radical (unpaired) electrons. The lowest BCUT2D eigenvalue weighted by molar-refractivity contribution is 0.104. The molecule has 0 bridgehead atoms. The summed E-state index contributed by atoms with van der Waals surface area (Å²) in [4.78, 5) is 12.3. The molecular formula is C23H20O2. The molecule has 0 saturated carbocycles. The van der Waals surface area contributed by atoms with Crippen molar-refractivity contribution in [2.75, 3.05) is 0 Å². The Morgan fingerprint density at radius 3 is 2.48 bits per heavy atom. The van der Waals surface area contributed by atoms with Crippen molar-refractivity contribution in [1.29, 1.82) is 0 Å². The first-order chi connectivity index (χ1) is 12.2. The van der Waals surface area contributed by atoms with Gasteiger partial charge in [0, 0.05) is 11.1 Å². The van der Waals surface area contributed by atoms with Crippen LogP contribution in [0.3, 0.4) is 0 Å². The molecule has 0 aliphatic carbocycles. The minimum Gasteiger partial charge on any atom is -0.488 e. The summed E-state index contributed by atoms with van der Waals surface area (Å²) in [6, 6.07) is 25.3. The van der Waals surface area contributed by atoms with Gasteiger partial charge in [0.1, 0.15) is 12.4 Å². The minimum absolute atomic E-state index is 0.0124. The number of aryl methyl sites for hydroxylation is 1. The Morgan fingerprint density at radius 1 is 0.920 bits per heavy atom. The largest absolute Gasteiger partial charge is 0.488 e. The van der Waals surface area contributed by atoms with Gasteiger partial charge in [-0.25, -0.2) is 0 Å². The molecule has 25 heavy (non-hydrogen) atoms. The maximum absolute atomic E-state index is 12.3. The molecule has 0 aliphatic heterocycles. The van der Waals surface area contributed by atoms with Crippen LogP contribution in [0.4, 0.5) is 0 Å². The SMILES string of the molecule is Cc1cccc(C(=O)/C=C/c2ccccc2OCc2ccccc2)c1. The first-order valence-corrected chi connectivity index (χ1v) is 8.27. The molecule has 2 nitrogen and oxygen atoms in total. The van der Waals surface area contributed by atoms with Crippen LogP contribution in [0.5, 0.6) is 5.75 Å². The fourth-order valence-corrected chi connectivity index (χ4v) is 2.55. The van der Waals surface area contributed by atoms with Crippen molar-refractivity contribution in [3.05, 3.63) is 107 Å². The summed E-state index contributed by atoms with van der Waals surface area (Å²) in [5.41, 5.74) is 3.77. The predicted molar refractivity (Wildman–Crippen MR) is 102 cm³/mol. The van der Waals surface area contributed by atoms with Crippen molar-refractivity contribution < 1.29 is 9.53 Å². The van der Waals surface area contributed by atoms with Crippen LogP contribution in [-0.4, -0.2) is 5.78 Å². The van der Waals surface area contributed by atoms with E-state index in [1.807, 2.05) is 91.9 Å². The molecule has 2 heteroatoms. The Hall–Kier alpha value is -3.13. The number of rotatable bonds is 6. The highest BCUT2D eigenvalue weighted by molar-refractivity contribution is 6.07. The van der Waals surface area contributed by atoms with Crippen LogP contribution in [0.25, 0.3) is 6.08 Å². The summed E-state index contributed by atoms with van der Waals surface area (Å²) in [5.74, 6) is 0.751. The topological polar surface area (TPSA) is 26.3 Å². The number of para-hydroxylation sites is 1. The smallest absolute Gasteiger partial charge is 0.185 e. The van der Waals surface area contributed by atoms with Crippen LogP contribution in [-0.2, 0) is 6.61 Å². The van der Waals surface area contributed by atoms with Crippen LogP contribution < -0.4 is 4.74 Å². The number of ketones is 1. The first kappa shape index (κ1) is 16.7. The highest BCUT2D eigenvalue weighted by Gasteiger charge is 2.04. The number of ether oxygens (including phenoxy) is 1. The number of carbonyl (C=O) groups is 1. The van der Waals surface area contributed by atoms with Crippen LogP contribution in [0.15, 0.2) is 84.9 Å². The van der Waals surface area contributed by atoms with Crippen LogP contribution in [0.2, 0.25) is 0 Å². The average molecular weight is 328 g/mol. The van der Waals surface area contributed by atoms with E-state index in [0.717, 1.165) is 22.4 Å². The number of hydrogen-bond donors (Lipinski definition) is 0. The summed E-state index contributed by atoms with van der Waals surface area (Å²) in [5, 5.41) is 0. The zero-order valence-corrected chi connectivity index (χ0v) is 14.2. The number of allylic oxidation sites excluding steroid dienone is 1. The van der Waals surface area contributed by atoms with Gasteiger partial charge in [0.05, 0.1) is 0 Å². The molecule has 3 rings (SSSR count). The molecular weight excluding hydrogens is 308 g/mol. The maximum Gasteiger partial charge on any atom is 0.185 e. The van der Waals surface area contributed by atoms with Gasteiger partial charge in [-0.1, -0.05) is 72.3 Å². The quantitative estimate of drug-likeness (QED) is 0.443. The summed E-state index contributed by atoms with van der Waals surface area (Å²) in [6.45, 7) is 2.48. The third-order valence-electron chi connectivity index (χ3n) is 3.87. The predicted octanol–water partition coefficient (Wildman–Crippen LogP) is 5.47. The van der Waals surface area contributed by atoms with Gasteiger partial charge < -0.3 is 4.74 Å². The number of benzene rings is 3. The molecule has 0 spiro atoms. The molecule has 0 fully saturated rings. The van der Waals surface area contributed by atoms with Crippen molar-refractivity contribution in [3.8, 4) is 5.75 Å². The Labute approximate surface area is 148 Å². The Bertz CT molecular complexity index is 879. The van der Waals surface area contributed by atoms with Gasteiger partial charge in [-0.2, -0.15) is 0 Å². The zero-order chi connectivity index (χ0) is 17.5. The van der Waals surface area contributed by atoms with Crippen molar-refractivity contribution in [1.82, 2.24) is 0 Å². The molecule has 0 heterocycles. The molecule has 0 aromatic heterocycles. The van der Waals surface area contributed by atoms with Crippen molar-refractivity contribution in [3.63, 3.8) is 0 Å². The normalized spacial score (nSPS) is 10.8. The Kier molecular flexibility index (Phi) is 5.43. The van der Waals surface area contributed by atoms with E-state index in [9.17, 15) is 4.79 Å². The third-order valence-corrected chi connectivity index (χ3v) is 3.87. The van der Waals surface area contributed by atoms with E-state index in [1.54, 1.807) is 6.08 Å². The highest BCUT2D eigenvalue weighted by Crippen LogP contribution is 2.21. The molecule has 0 N–H and O–H groups in total. The van der Waals surface area contributed by atoms with E-state index in [4.69, 9.17) is 4.74 Å². The number of hydrogen-bond acceptors (Lipinski definition) is 2. The van der Waals surface area contributed by atoms with E-state index in [2.05, 4.69) is 0 Å². The first-order valence-electron chi connectivity index (χ1n) is 8.27. The molecule has 0 atom stereocenters. The standard InChI is InChI=1S/C23H20O2/c1-18-8-7-12-21(16-18)22(24)15-14-20-11-5-6-13-23(20)25-17-19-9-3-2-4-10-19/h2-16H,17H2,1H3/b15-14+. The Morgan fingerprint density at radius 2 is 1.68 bits per heavy atom. The summed E-state index contributed by atoms with van der Waals surface area (Å²) < 4.78 is 5.92. The van der Waals surface area contributed by atoms with Crippen LogP contribution in [0.1, 0.15) is 27.0 Å². The van der Waals surface area contributed by atoms with Crippen molar-refractivity contribution in [2.45, 2.75) is 13.5 Å². The average Bonchev–Trinajstić information content (AvgIpc) is 2.66. The van der Waals surface area contributed by atoms with E-state index in [0.29, 0.717) is 12.2 Å². The summed E-state index contributed by atoms with van der Waals surface area (Å²) in [6.07, 6.45) is 3.41. The van der Waals surface area contributed by atoms with Crippen molar-refractivity contribution in [2.24, 2.45) is 0 Å². The molecule has 0 aliphatic rings. The second-order valence-corrected chi connectivity index (χ2v) is 5.88. The van der Waals surface area contributed by atoms with Gasteiger partial charge in [-0.05, 0) is 36.8 Å². The molecule has 0 amide bonds. The van der Waals surface area contributed by atoms with Gasteiger partial charge in [-0.15, -0.1) is 0 Å². The Balaban J connectivity index is 1.73. The lowest BCUT2D eigenvalue weighted by Gasteiger charge is -2.09. The van der Waals surface area contributed by atoms with Crippen molar-refractivity contribution >= 4 is 11.9 Å². The molecule has 0 saturated heterocycles. The maximum atomic E-state index is 12.3. The van der Waals surface area contributed by atoms with Crippen LogP contribution >= 0.6 is 0 Å². The molecule has 3 aromatic rings. The lowest BCUT2D eigenvalue weighted by atomic mass is 10.1. The van der Waals surface area contributed by atoms with Crippen LogP contribution in [0, 0.1) is 6.92 Å². The summed E-state index contributed by atoms with van der Waals surface area (Å²) >= 11 is 0. The van der Waals surface area contributed by atoms with Gasteiger partial charge in [0.15, 0.2) is 5.78 Å². The van der Waals surface area contributed by atoms with E-state index in [1.165, 1.54) is 0 Å². The van der Waals surface area contributed by atoms with E-state index < -0.39 is 0 Å². The molecule has 3 aromatic carbocycles. The van der Waals surface area contributed by atoms with E-state index in [-0.39, 0.29) is 5.78 Å². The molecule has 0 unspecified atom stereocenters. The third kappa shape index (κ3) is 4.67. The van der Waals surface area contributed by atoms with Gasteiger partial charge >= 0.3 is 0 Å². The number of carbonyl (C=O) groups excluding carboxylic acids is 1. The van der Waals surface area contributed by atoms with E-state index >= 15 is 0 Å². The minimum atomic E-state index is -0.0124. The monoisotopic (exact) mass is 328 g/mol. The fraction of sp³-hybridized carbons (Fsp3) is 0.0870. The lowest BCUT2D eigenvalue weighted by Crippen LogP contribution is -1.97. The zero-order valence-electron chi connectivity index (χ0n) is 14.2. The molecule has 124 valence electrons. The second-order valence-electron chi connectivity index (χ2n) is 5.88. The van der Waals surface area contributed by atoms with Gasteiger partial charge in [0.25, 0.3) is 0 Å². The highest BCUT2D eigenvalue weighted by atomic mass is 16.5. The fourth-order valence-electron chi connectivity index (χ4n) is 2.55. The second kappa shape index (κ2) is 8.11. The van der Waals surface area contributed by atoms with Gasteiger partial charge in [-0.3, -0.25) is 4.79 Å².